The smallest absolute Gasteiger partial charge is 0.311 e. The first kappa shape index (κ1) is 16.8. The summed E-state index contributed by atoms with van der Waals surface area (Å²) in [6.45, 7) is 4.19. The molecule has 1 nitrogen and oxygen atoms in total. The van der Waals surface area contributed by atoms with E-state index in [1.165, 1.54) is 32.1 Å². The van der Waals surface area contributed by atoms with Crippen LogP contribution in [-0.4, -0.2) is 18.3 Å². The van der Waals surface area contributed by atoms with Crippen LogP contribution >= 0.6 is 0 Å². The minimum Gasteiger partial charge on any atom is -0.311 e. The minimum absolute atomic E-state index is 0.189. The van der Waals surface area contributed by atoms with Gasteiger partial charge in [0.1, 0.15) is 0 Å². The van der Waals surface area contributed by atoms with E-state index in [4.69, 9.17) is 0 Å². The zero-order chi connectivity index (χ0) is 14.3. The van der Waals surface area contributed by atoms with Gasteiger partial charge in [0.15, 0.2) is 0 Å². The van der Waals surface area contributed by atoms with Crippen LogP contribution in [0.5, 0.6) is 0 Å². The van der Waals surface area contributed by atoms with Crippen molar-refractivity contribution in [3.8, 4) is 0 Å². The van der Waals surface area contributed by atoms with E-state index in [2.05, 4.69) is 12.2 Å². The number of hydrogen-bond acceptors (Lipinski definition) is 1. The summed E-state index contributed by atoms with van der Waals surface area (Å²) in [4.78, 5) is 0. The number of rotatable bonds is 7. The van der Waals surface area contributed by atoms with Crippen molar-refractivity contribution in [3.05, 3.63) is 0 Å². The third-order valence-corrected chi connectivity index (χ3v) is 4.25. The highest BCUT2D eigenvalue weighted by atomic mass is 19.4. The Morgan fingerprint density at radius 3 is 2.32 bits per heavy atom. The molecule has 0 aliphatic heterocycles. The average molecular weight is 279 g/mol. The van der Waals surface area contributed by atoms with Gasteiger partial charge in [-0.3, -0.25) is 0 Å². The van der Waals surface area contributed by atoms with Crippen LogP contribution in [0.1, 0.15) is 71.6 Å². The van der Waals surface area contributed by atoms with Gasteiger partial charge >= 0.3 is 6.18 Å². The highest BCUT2D eigenvalue weighted by Crippen LogP contribution is 2.28. The van der Waals surface area contributed by atoms with Crippen molar-refractivity contribution in [2.75, 3.05) is 0 Å². The molecule has 1 N–H and O–H groups in total. The van der Waals surface area contributed by atoms with Crippen molar-refractivity contribution in [1.29, 1.82) is 0 Å². The molecule has 0 heterocycles. The second kappa shape index (κ2) is 8.13. The Kier molecular flexibility index (Phi) is 7.19. The largest absolute Gasteiger partial charge is 0.389 e. The lowest BCUT2D eigenvalue weighted by atomic mass is 9.82. The number of halogens is 3. The second-order valence-electron chi connectivity index (χ2n) is 5.99. The maximum atomic E-state index is 12.1. The third kappa shape index (κ3) is 7.19. The van der Waals surface area contributed by atoms with Gasteiger partial charge in [-0.1, -0.05) is 26.2 Å². The van der Waals surface area contributed by atoms with E-state index in [1.54, 1.807) is 0 Å². The van der Waals surface area contributed by atoms with Crippen LogP contribution in [-0.2, 0) is 0 Å². The Morgan fingerprint density at radius 2 is 1.79 bits per heavy atom. The molecule has 2 atom stereocenters. The van der Waals surface area contributed by atoms with Gasteiger partial charge < -0.3 is 5.32 Å². The van der Waals surface area contributed by atoms with Gasteiger partial charge in [0.25, 0.3) is 0 Å². The summed E-state index contributed by atoms with van der Waals surface area (Å²) in [7, 11) is 0. The molecule has 0 bridgehead atoms. The van der Waals surface area contributed by atoms with Crippen molar-refractivity contribution in [3.63, 3.8) is 0 Å². The average Bonchev–Trinajstić information content (AvgIpc) is 2.35. The lowest BCUT2D eigenvalue weighted by molar-refractivity contribution is -0.135. The summed E-state index contributed by atoms with van der Waals surface area (Å²) in [5.41, 5.74) is 0. The molecule has 4 heteroatoms. The summed E-state index contributed by atoms with van der Waals surface area (Å²) >= 11 is 0. The van der Waals surface area contributed by atoms with Gasteiger partial charge in [-0.05, 0) is 44.9 Å². The van der Waals surface area contributed by atoms with E-state index >= 15 is 0 Å². The van der Waals surface area contributed by atoms with Crippen LogP contribution in [0.4, 0.5) is 13.2 Å². The van der Waals surface area contributed by atoms with Gasteiger partial charge in [-0.2, -0.15) is 13.2 Å². The molecular formula is C15H28F3N. The molecule has 0 aromatic rings. The van der Waals surface area contributed by atoms with Gasteiger partial charge in [0.2, 0.25) is 0 Å². The van der Waals surface area contributed by atoms with Crippen molar-refractivity contribution in [2.24, 2.45) is 5.92 Å². The quantitative estimate of drug-likeness (QED) is 0.687. The normalized spacial score (nSPS) is 21.3. The van der Waals surface area contributed by atoms with Crippen molar-refractivity contribution in [2.45, 2.75) is 89.9 Å². The monoisotopic (exact) mass is 279 g/mol. The molecule has 0 aromatic heterocycles. The lowest BCUT2D eigenvalue weighted by Gasteiger charge is -2.32. The molecule has 0 amide bonds. The Balaban J connectivity index is 2.26. The minimum atomic E-state index is -4.01. The summed E-state index contributed by atoms with van der Waals surface area (Å²) in [5.74, 6) is 0.726. The molecule has 1 fully saturated rings. The molecule has 1 aliphatic rings. The van der Waals surface area contributed by atoms with Crippen LogP contribution < -0.4 is 5.32 Å². The van der Waals surface area contributed by atoms with Gasteiger partial charge in [0.05, 0.1) is 0 Å². The third-order valence-electron chi connectivity index (χ3n) is 4.25. The lowest BCUT2D eigenvalue weighted by Crippen LogP contribution is -2.42. The fraction of sp³-hybridized carbons (Fsp3) is 1.00. The Morgan fingerprint density at radius 1 is 1.16 bits per heavy atom. The zero-order valence-electron chi connectivity index (χ0n) is 12.2. The van der Waals surface area contributed by atoms with Gasteiger partial charge in [-0.25, -0.2) is 0 Å². The van der Waals surface area contributed by atoms with Crippen LogP contribution in [0.2, 0.25) is 0 Å². The second-order valence-corrected chi connectivity index (χ2v) is 5.99. The summed E-state index contributed by atoms with van der Waals surface area (Å²) in [5, 5.41) is 3.56. The maximum absolute atomic E-state index is 12.1. The molecule has 0 spiro atoms. The number of nitrogens with one attached hydrogen (secondary N) is 1. The number of alkyl halides is 3. The van der Waals surface area contributed by atoms with Crippen molar-refractivity contribution >= 4 is 0 Å². The summed E-state index contributed by atoms with van der Waals surface area (Å²) < 4.78 is 36.3. The Labute approximate surface area is 115 Å². The topological polar surface area (TPSA) is 12.0 Å². The van der Waals surface area contributed by atoms with Crippen molar-refractivity contribution < 1.29 is 13.2 Å². The summed E-state index contributed by atoms with van der Waals surface area (Å²) in [6, 6.07) is 0.676. The molecule has 0 aromatic carbocycles. The molecule has 0 radical (unpaired) electrons. The zero-order valence-corrected chi connectivity index (χ0v) is 12.2. The molecule has 114 valence electrons. The van der Waals surface area contributed by atoms with E-state index in [0.29, 0.717) is 12.5 Å². The predicted molar refractivity (Wildman–Crippen MR) is 73.2 cm³/mol. The molecule has 19 heavy (non-hydrogen) atoms. The van der Waals surface area contributed by atoms with Crippen molar-refractivity contribution in [1.82, 2.24) is 5.32 Å². The first-order chi connectivity index (χ1) is 8.92. The predicted octanol–water partition coefficient (Wildman–Crippen LogP) is 5.06. The standard InChI is InChI=1S/C15H28F3N/c1-3-14(13-9-5-4-6-10-13)19-12(2)8-7-11-15(16,17)18/h12-14,19H,3-11H2,1-2H3. The van der Waals surface area contributed by atoms with E-state index in [-0.39, 0.29) is 12.5 Å². The van der Waals surface area contributed by atoms with Crippen LogP contribution in [0.15, 0.2) is 0 Å². The summed E-state index contributed by atoms with van der Waals surface area (Å²) in [6.07, 6.45) is 3.79. The first-order valence-electron chi connectivity index (χ1n) is 7.75. The fourth-order valence-corrected chi connectivity index (χ4v) is 3.18. The Hall–Kier alpha value is -0.250. The fourth-order valence-electron chi connectivity index (χ4n) is 3.18. The van der Waals surface area contributed by atoms with Gasteiger partial charge in [0, 0.05) is 18.5 Å². The van der Waals surface area contributed by atoms with E-state index in [0.717, 1.165) is 12.3 Å². The Bertz CT molecular complexity index is 234. The highest BCUT2D eigenvalue weighted by Gasteiger charge is 2.27. The first-order valence-corrected chi connectivity index (χ1v) is 7.75. The molecule has 1 rings (SSSR count). The SMILES string of the molecule is CCC(NC(C)CCCC(F)(F)F)C1CCCCC1. The van der Waals surface area contributed by atoms with Crippen LogP contribution in [0.25, 0.3) is 0 Å². The van der Waals surface area contributed by atoms with Crippen LogP contribution in [0, 0.1) is 5.92 Å². The highest BCUT2D eigenvalue weighted by molar-refractivity contribution is 4.80. The molecule has 2 unspecified atom stereocenters. The maximum Gasteiger partial charge on any atom is 0.389 e. The van der Waals surface area contributed by atoms with E-state index in [9.17, 15) is 13.2 Å². The molecule has 0 saturated heterocycles. The number of hydrogen-bond donors (Lipinski definition) is 1. The van der Waals surface area contributed by atoms with Gasteiger partial charge in [-0.15, -0.1) is 0 Å². The molecular weight excluding hydrogens is 251 g/mol. The molecule has 1 aliphatic carbocycles. The van der Waals surface area contributed by atoms with E-state index in [1.807, 2.05) is 6.92 Å². The molecule has 1 saturated carbocycles. The van der Waals surface area contributed by atoms with E-state index < -0.39 is 12.6 Å². The van der Waals surface area contributed by atoms with Crippen LogP contribution in [0.3, 0.4) is 0 Å².